The van der Waals surface area contributed by atoms with Gasteiger partial charge in [0.05, 0.1) is 22.8 Å². The minimum atomic E-state index is 0.00817. The van der Waals surface area contributed by atoms with E-state index in [4.69, 9.17) is 9.98 Å². The Morgan fingerprint density at radius 3 is 1.55 bits per heavy atom. The van der Waals surface area contributed by atoms with Crippen LogP contribution in [-0.2, 0) is 12.8 Å². The van der Waals surface area contributed by atoms with E-state index in [-0.39, 0.29) is 5.92 Å². The number of para-hydroxylation sites is 1. The van der Waals surface area contributed by atoms with Gasteiger partial charge in [-0.3, -0.25) is 0 Å². The van der Waals surface area contributed by atoms with Gasteiger partial charge in [0.15, 0.2) is 0 Å². The van der Waals surface area contributed by atoms with Gasteiger partial charge in [0.1, 0.15) is 0 Å². The average Bonchev–Trinajstić information content (AvgIpc) is 3.43. The van der Waals surface area contributed by atoms with Gasteiger partial charge < -0.3 is 0 Å². The van der Waals surface area contributed by atoms with E-state index in [1.807, 2.05) is 0 Å². The van der Waals surface area contributed by atoms with E-state index in [2.05, 4.69) is 166 Å². The molecule has 1 aliphatic carbocycles. The Morgan fingerprint density at radius 1 is 0.447 bits per heavy atom. The van der Waals surface area contributed by atoms with Crippen molar-refractivity contribution in [3.8, 4) is 0 Å². The summed E-state index contributed by atoms with van der Waals surface area (Å²) < 4.78 is 0. The maximum atomic E-state index is 5.77. The van der Waals surface area contributed by atoms with E-state index in [0.29, 0.717) is 0 Å². The maximum absolute atomic E-state index is 5.77. The number of benzene rings is 7. The monoisotopic (exact) mass is 604 g/mol. The lowest BCUT2D eigenvalue weighted by Crippen LogP contribution is -2.12. The van der Waals surface area contributed by atoms with Gasteiger partial charge in [-0.1, -0.05) is 166 Å². The van der Waals surface area contributed by atoms with Crippen molar-refractivity contribution < 1.29 is 0 Å². The van der Waals surface area contributed by atoms with Crippen molar-refractivity contribution >= 4 is 44.3 Å². The molecule has 0 saturated carbocycles. The number of fused-ring (bicyclic) bond motifs is 1. The molecule has 7 aromatic carbocycles. The normalized spacial score (nSPS) is 14.2. The first kappa shape index (κ1) is 28.8. The number of rotatable bonds is 7. The quantitative estimate of drug-likeness (QED) is 0.162. The van der Waals surface area contributed by atoms with E-state index in [1.54, 1.807) is 0 Å². The molecule has 0 saturated heterocycles. The van der Waals surface area contributed by atoms with Crippen molar-refractivity contribution in [2.45, 2.75) is 32.6 Å². The van der Waals surface area contributed by atoms with E-state index < -0.39 is 0 Å². The van der Waals surface area contributed by atoms with Crippen LogP contribution < -0.4 is 0 Å². The topological polar surface area (TPSA) is 24.7 Å². The maximum Gasteiger partial charge on any atom is 0.0979 e. The van der Waals surface area contributed by atoms with Crippen molar-refractivity contribution in [1.29, 1.82) is 0 Å². The highest BCUT2D eigenvalue weighted by Gasteiger charge is 2.29. The molecule has 0 radical (unpaired) electrons. The Hall–Kier alpha value is -5.60. The summed E-state index contributed by atoms with van der Waals surface area (Å²) in [6.45, 7) is 4.43. The summed E-state index contributed by atoms with van der Waals surface area (Å²) in [6, 6.07) is 54.5. The first-order chi connectivity index (χ1) is 23.2. The summed E-state index contributed by atoms with van der Waals surface area (Å²) in [7, 11) is 0. The Kier molecular flexibility index (Phi) is 7.55. The highest BCUT2D eigenvalue weighted by atomic mass is 14.8. The Labute approximate surface area is 276 Å². The van der Waals surface area contributed by atoms with E-state index in [0.717, 1.165) is 52.2 Å². The molecular weight excluding hydrogens is 569 g/mol. The van der Waals surface area contributed by atoms with Crippen LogP contribution in [0.5, 0.6) is 0 Å². The summed E-state index contributed by atoms with van der Waals surface area (Å²) in [5.41, 5.74) is 12.4. The van der Waals surface area contributed by atoms with Crippen LogP contribution in [0.2, 0.25) is 0 Å². The van der Waals surface area contributed by atoms with Gasteiger partial charge in [0.25, 0.3) is 0 Å². The number of hydrogen-bond donors (Lipinski definition) is 0. The number of aliphatic imine (C=N–C) groups is 2. The minimum absolute atomic E-state index is 0.00817. The first-order valence-corrected chi connectivity index (χ1v) is 16.7. The van der Waals surface area contributed by atoms with Crippen molar-refractivity contribution in [2.75, 3.05) is 0 Å². The standard InChI is InChI=1S/C45H36N2/c1-3-30-21-13-22-31(4-2)42(30)46-44-37-26-14-23-35-24-15-27-38(41(35)37)45(44)47-43-36-25-12-11-16-32(36)28-29-39(43)40(33-17-7-5-8-18-33)34-19-9-6-10-20-34/h5-29,40H,3-4H2,1-2H3. The van der Waals surface area contributed by atoms with E-state index in [9.17, 15) is 0 Å². The third-order valence-electron chi connectivity index (χ3n) is 9.56. The predicted octanol–water partition coefficient (Wildman–Crippen LogP) is 11.6. The van der Waals surface area contributed by atoms with Gasteiger partial charge >= 0.3 is 0 Å². The van der Waals surface area contributed by atoms with Gasteiger partial charge in [-0.05, 0) is 51.4 Å². The molecule has 0 atom stereocenters. The molecular formula is C45H36N2. The number of aryl methyl sites for hydroxylation is 2. The highest BCUT2D eigenvalue weighted by Crippen LogP contribution is 2.43. The minimum Gasteiger partial charge on any atom is -0.246 e. The second kappa shape index (κ2) is 12.3. The second-order valence-corrected chi connectivity index (χ2v) is 12.2. The van der Waals surface area contributed by atoms with Gasteiger partial charge in [-0.25, -0.2) is 9.98 Å². The molecule has 8 rings (SSSR count). The van der Waals surface area contributed by atoms with Crippen LogP contribution in [0.15, 0.2) is 162 Å². The fourth-order valence-electron chi connectivity index (χ4n) is 7.27. The Morgan fingerprint density at radius 2 is 0.957 bits per heavy atom. The highest BCUT2D eigenvalue weighted by molar-refractivity contribution is 6.61. The fraction of sp³-hybridized carbons (Fsp3) is 0.111. The molecule has 0 fully saturated rings. The van der Waals surface area contributed by atoms with Gasteiger partial charge in [-0.2, -0.15) is 0 Å². The second-order valence-electron chi connectivity index (χ2n) is 12.2. The van der Waals surface area contributed by atoms with Gasteiger partial charge in [-0.15, -0.1) is 0 Å². The lowest BCUT2D eigenvalue weighted by Gasteiger charge is -2.22. The van der Waals surface area contributed by atoms with Crippen LogP contribution in [-0.4, -0.2) is 11.4 Å². The first-order valence-electron chi connectivity index (χ1n) is 16.7. The van der Waals surface area contributed by atoms with Crippen molar-refractivity contribution in [3.05, 3.63) is 191 Å². The molecule has 0 spiro atoms. The molecule has 1 aliphatic rings. The molecule has 0 bridgehead atoms. The van der Waals surface area contributed by atoms with Crippen molar-refractivity contribution in [2.24, 2.45) is 9.98 Å². The molecule has 0 aromatic heterocycles. The van der Waals surface area contributed by atoms with Crippen LogP contribution in [0.25, 0.3) is 21.5 Å². The Bertz CT molecular complexity index is 2250. The molecule has 7 aromatic rings. The summed E-state index contributed by atoms with van der Waals surface area (Å²) >= 11 is 0. The van der Waals surface area contributed by atoms with Crippen LogP contribution in [0.4, 0.5) is 11.4 Å². The van der Waals surface area contributed by atoms with Crippen LogP contribution >= 0.6 is 0 Å². The molecule has 2 heteroatoms. The number of hydrogen-bond acceptors (Lipinski definition) is 2. The third kappa shape index (κ3) is 5.07. The summed E-state index contributed by atoms with van der Waals surface area (Å²) in [6.07, 6.45) is 1.85. The zero-order chi connectivity index (χ0) is 31.7. The average molecular weight is 605 g/mol. The molecule has 0 amide bonds. The van der Waals surface area contributed by atoms with E-state index in [1.165, 1.54) is 44.0 Å². The summed E-state index contributed by atoms with van der Waals surface area (Å²) in [4.78, 5) is 11.3. The zero-order valence-corrected chi connectivity index (χ0v) is 26.8. The van der Waals surface area contributed by atoms with E-state index >= 15 is 0 Å². The molecule has 226 valence electrons. The predicted molar refractivity (Wildman–Crippen MR) is 199 cm³/mol. The zero-order valence-electron chi connectivity index (χ0n) is 26.8. The van der Waals surface area contributed by atoms with Crippen LogP contribution in [0.3, 0.4) is 0 Å². The lowest BCUT2D eigenvalue weighted by molar-refractivity contribution is 0.979. The van der Waals surface area contributed by atoms with Crippen molar-refractivity contribution in [1.82, 2.24) is 0 Å². The van der Waals surface area contributed by atoms with Gasteiger partial charge in [0.2, 0.25) is 0 Å². The lowest BCUT2D eigenvalue weighted by atomic mass is 9.83. The van der Waals surface area contributed by atoms with Gasteiger partial charge in [0, 0.05) is 27.8 Å². The molecule has 0 unspecified atom stereocenters. The van der Waals surface area contributed by atoms with Crippen LogP contribution in [0, 0.1) is 0 Å². The molecule has 47 heavy (non-hydrogen) atoms. The summed E-state index contributed by atoms with van der Waals surface area (Å²) in [5.74, 6) is 0.00817. The number of nitrogens with zero attached hydrogens (tertiary/aromatic N) is 2. The molecule has 0 N–H and O–H groups in total. The fourth-order valence-corrected chi connectivity index (χ4v) is 7.27. The SMILES string of the molecule is CCc1cccc(CC)c1N=C1C(=Nc2c(C(c3ccccc3)c3ccccc3)ccc3ccccc23)c2cccc3cccc1c23. The molecule has 0 aliphatic heterocycles. The smallest absolute Gasteiger partial charge is 0.0979 e. The third-order valence-corrected chi connectivity index (χ3v) is 9.56. The van der Waals surface area contributed by atoms with Crippen LogP contribution in [0.1, 0.15) is 58.7 Å². The Balaban J connectivity index is 1.46. The largest absolute Gasteiger partial charge is 0.246 e. The molecule has 0 heterocycles. The van der Waals surface area contributed by atoms with Crippen molar-refractivity contribution in [3.63, 3.8) is 0 Å². The molecule has 2 nitrogen and oxygen atoms in total. The summed E-state index contributed by atoms with van der Waals surface area (Å²) in [5, 5.41) is 4.75.